The third kappa shape index (κ3) is 3.26. The van der Waals surface area contributed by atoms with Crippen molar-refractivity contribution in [1.82, 2.24) is 5.32 Å². The summed E-state index contributed by atoms with van der Waals surface area (Å²) < 4.78 is 5.24. The summed E-state index contributed by atoms with van der Waals surface area (Å²) in [6, 6.07) is 3.77. The average Bonchev–Trinajstić information content (AvgIpc) is 2.93. The molecule has 2 amide bonds. The van der Waals surface area contributed by atoms with Crippen molar-refractivity contribution in [2.45, 2.75) is 26.9 Å². The maximum atomic E-state index is 11.7. The lowest BCUT2D eigenvalue weighted by Gasteiger charge is -2.19. The standard InChI is InChI=1S/C13H18N2O3S/c1-13(2,3)11(16)14-7-9-8-15(12(17)18-9)10-5-4-6-19-10/h4-6,9H,7-8H2,1-3H3,(H,14,16). The number of amides is 2. The van der Waals surface area contributed by atoms with Crippen LogP contribution in [-0.2, 0) is 9.53 Å². The Morgan fingerprint density at radius 3 is 2.89 bits per heavy atom. The van der Waals surface area contributed by atoms with E-state index in [4.69, 9.17) is 4.74 Å². The van der Waals surface area contributed by atoms with Crippen molar-refractivity contribution in [3.8, 4) is 0 Å². The van der Waals surface area contributed by atoms with Gasteiger partial charge in [-0.1, -0.05) is 20.8 Å². The number of rotatable bonds is 3. The summed E-state index contributed by atoms with van der Waals surface area (Å²) in [4.78, 5) is 25.1. The van der Waals surface area contributed by atoms with E-state index in [9.17, 15) is 9.59 Å². The number of nitrogens with one attached hydrogen (secondary N) is 1. The Morgan fingerprint density at radius 1 is 1.58 bits per heavy atom. The first-order chi connectivity index (χ1) is 8.88. The summed E-state index contributed by atoms with van der Waals surface area (Å²) in [7, 11) is 0. The number of ether oxygens (including phenoxy) is 1. The number of cyclic esters (lactones) is 1. The van der Waals surface area contributed by atoms with Crippen LogP contribution in [0, 0.1) is 5.41 Å². The van der Waals surface area contributed by atoms with Crippen LogP contribution in [-0.4, -0.2) is 31.2 Å². The number of carbonyl (C=O) groups is 2. The fraction of sp³-hybridized carbons (Fsp3) is 0.538. The van der Waals surface area contributed by atoms with Crippen LogP contribution < -0.4 is 10.2 Å². The van der Waals surface area contributed by atoms with Gasteiger partial charge in [0.05, 0.1) is 13.1 Å². The molecule has 6 heteroatoms. The molecular weight excluding hydrogens is 264 g/mol. The van der Waals surface area contributed by atoms with Crippen LogP contribution in [0.4, 0.5) is 9.80 Å². The molecule has 19 heavy (non-hydrogen) atoms. The zero-order valence-electron chi connectivity index (χ0n) is 11.3. The summed E-state index contributed by atoms with van der Waals surface area (Å²) in [5, 5.41) is 5.60. The maximum absolute atomic E-state index is 11.7. The van der Waals surface area contributed by atoms with Crippen molar-refractivity contribution < 1.29 is 14.3 Å². The molecule has 1 unspecified atom stereocenters. The van der Waals surface area contributed by atoms with Gasteiger partial charge in [0, 0.05) is 5.41 Å². The highest BCUT2D eigenvalue weighted by Crippen LogP contribution is 2.26. The van der Waals surface area contributed by atoms with Crippen molar-refractivity contribution in [3.63, 3.8) is 0 Å². The Kier molecular flexibility index (Phi) is 3.80. The average molecular weight is 282 g/mol. The van der Waals surface area contributed by atoms with E-state index in [1.54, 1.807) is 4.90 Å². The number of nitrogens with zero attached hydrogens (tertiary/aromatic N) is 1. The zero-order valence-corrected chi connectivity index (χ0v) is 12.1. The Morgan fingerprint density at radius 2 is 2.32 bits per heavy atom. The second kappa shape index (κ2) is 5.21. The number of carbonyl (C=O) groups excluding carboxylic acids is 2. The van der Waals surface area contributed by atoms with Crippen LogP contribution in [0.25, 0.3) is 0 Å². The van der Waals surface area contributed by atoms with Gasteiger partial charge in [0.2, 0.25) is 5.91 Å². The number of thiophene rings is 1. The van der Waals surface area contributed by atoms with Crippen LogP contribution >= 0.6 is 11.3 Å². The minimum absolute atomic E-state index is 0.0434. The van der Waals surface area contributed by atoms with Gasteiger partial charge in [0.1, 0.15) is 11.1 Å². The van der Waals surface area contributed by atoms with Crippen molar-refractivity contribution in [3.05, 3.63) is 17.5 Å². The monoisotopic (exact) mass is 282 g/mol. The quantitative estimate of drug-likeness (QED) is 0.925. The van der Waals surface area contributed by atoms with Gasteiger partial charge >= 0.3 is 6.09 Å². The summed E-state index contributed by atoms with van der Waals surface area (Å²) in [6.07, 6.45) is -0.640. The molecule has 1 aromatic rings. The molecule has 1 N–H and O–H groups in total. The molecule has 0 radical (unpaired) electrons. The summed E-state index contributed by atoms with van der Waals surface area (Å²) in [5.74, 6) is -0.0434. The van der Waals surface area contributed by atoms with Crippen LogP contribution in [0.1, 0.15) is 20.8 Å². The molecule has 1 atom stereocenters. The first kappa shape index (κ1) is 13.9. The molecule has 5 nitrogen and oxygen atoms in total. The molecule has 2 heterocycles. The van der Waals surface area contributed by atoms with Gasteiger partial charge < -0.3 is 10.1 Å². The van der Waals surface area contributed by atoms with E-state index in [0.717, 1.165) is 5.00 Å². The Balaban J connectivity index is 1.88. The van der Waals surface area contributed by atoms with Gasteiger partial charge in [-0.2, -0.15) is 0 Å². The van der Waals surface area contributed by atoms with Crippen LogP contribution in [0.5, 0.6) is 0 Å². The van der Waals surface area contributed by atoms with Crippen molar-refractivity contribution in [2.75, 3.05) is 18.0 Å². The molecule has 0 spiro atoms. The van der Waals surface area contributed by atoms with Crippen molar-refractivity contribution in [2.24, 2.45) is 5.41 Å². The largest absolute Gasteiger partial charge is 0.442 e. The molecular formula is C13H18N2O3S. The lowest BCUT2D eigenvalue weighted by molar-refractivity contribution is -0.128. The Labute approximate surface area is 116 Å². The molecule has 1 aliphatic heterocycles. The smallest absolute Gasteiger partial charge is 0.415 e. The highest BCUT2D eigenvalue weighted by molar-refractivity contribution is 7.14. The molecule has 0 aliphatic carbocycles. The van der Waals surface area contributed by atoms with Crippen molar-refractivity contribution >= 4 is 28.3 Å². The summed E-state index contributed by atoms with van der Waals surface area (Å²) in [6.45, 7) is 6.37. The van der Waals surface area contributed by atoms with E-state index in [0.29, 0.717) is 13.1 Å². The van der Waals surface area contributed by atoms with Gasteiger partial charge in [-0.15, -0.1) is 11.3 Å². The Hall–Kier alpha value is -1.56. The van der Waals surface area contributed by atoms with E-state index in [2.05, 4.69) is 5.32 Å². The molecule has 1 aliphatic rings. The predicted molar refractivity (Wildman–Crippen MR) is 74.4 cm³/mol. The number of hydrogen-bond acceptors (Lipinski definition) is 4. The molecule has 0 saturated carbocycles. The van der Waals surface area contributed by atoms with Crippen LogP contribution in [0.15, 0.2) is 17.5 Å². The van der Waals surface area contributed by atoms with Gasteiger partial charge in [0.25, 0.3) is 0 Å². The Bertz CT molecular complexity index is 465. The van der Waals surface area contributed by atoms with Gasteiger partial charge in [-0.25, -0.2) is 4.79 Å². The fourth-order valence-corrected chi connectivity index (χ4v) is 2.43. The van der Waals surface area contributed by atoms with Crippen molar-refractivity contribution in [1.29, 1.82) is 0 Å². The lowest BCUT2D eigenvalue weighted by Crippen LogP contribution is -2.40. The molecule has 1 aromatic heterocycles. The van der Waals surface area contributed by atoms with E-state index in [1.807, 2.05) is 38.3 Å². The van der Waals surface area contributed by atoms with E-state index in [-0.39, 0.29) is 18.1 Å². The van der Waals surface area contributed by atoms with Gasteiger partial charge in [-0.05, 0) is 17.5 Å². The van der Waals surface area contributed by atoms with Crippen LogP contribution in [0.3, 0.4) is 0 Å². The van der Waals surface area contributed by atoms with Gasteiger partial charge in [0.15, 0.2) is 0 Å². The van der Waals surface area contributed by atoms with Crippen LogP contribution in [0.2, 0.25) is 0 Å². The van der Waals surface area contributed by atoms with Gasteiger partial charge in [-0.3, -0.25) is 9.69 Å². The first-order valence-corrected chi connectivity index (χ1v) is 7.06. The van der Waals surface area contributed by atoms with E-state index < -0.39 is 5.41 Å². The fourth-order valence-electron chi connectivity index (χ4n) is 1.70. The van der Waals surface area contributed by atoms with E-state index in [1.165, 1.54) is 11.3 Å². The molecule has 1 saturated heterocycles. The second-order valence-electron chi connectivity index (χ2n) is 5.53. The highest BCUT2D eigenvalue weighted by Gasteiger charge is 2.33. The second-order valence-corrected chi connectivity index (χ2v) is 6.45. The normalized spacial score (nSPS) is 19.4. The summed E-state index contributed by atoms with van der Waals surface area (Å²) in [5.41, 5.74) is -0.434. The number of hydrogen-bond donors (Lipinski definition) is 1. The SMILES string of the molecule is CC(C)(C)C(=O)NCC1CN(c2cccs2)C(=O)O1. The summed E-state index contributed by atoms with van der Waals surface area (Å²) >= 11 is 1.49. The third-order valence-corrected chi connectivity index (χ3v) is 3.71. The highest BCUT2D eigenvalue weighted by atomic mass is 32.1. The van der Waals surface area contributed by atoms with E-state index >= 15 is 0 Å². The molecule has 1 fully saturated rings. The third-order valence-electron chi connectivity index (χ3n) is 2.82. The minimum Gasteiger partial charge on any atom is -0.442 e. The molecule has 0 bridgehead atoms. The molecule has 104 valence electrons. The number of anilines is 1. The first-order valence-electron chi connectivity index (χ1n) is 6.18. The topological polar surface area (TPSA) is 58.6 Å². The molecule has 2 rings (SSSR count). The predicted octanol–water partition coefficient (Wildman–Crippen LogP) is 2.24. The minimum atomic E-state index is -0.434. The zero-order chi connectivity index (χ0) is 14.0. The maximum Gasteiger partial charge on any atom is 0.415 e. The molecule has 0 aromatic carbocycles. The lowest BCUT2D eigenvalue weighted by atomic mass is 9.96.